The second-order valence-corrected chi connectivity index (χ2v) is 5.60. The van der Waals surface area contributed by atoms with Crippen LogP contribution in [0.3, 0.4) is 0 Å². The summed E-state index contributed by atoms with van der Waals surface area (Å²) in [6.45, 7) is 6.00. The largest absolute Gasteiger partial charge is 0.466 e. The Bertz CT molecular complexity index is 580. The highest BCUT2D eigenvalue weighted by atomic mass is 79.9. The summed E-state index contributed by atoms with van der Waals surface area (Å²) in [5.41, 5.74) is 6.29. The summed E-state index contributed by atoms with van der Waals surface area (Å²) in [4.78, 5) is 4.18. The minimum atomic E-state index is 0.0218. The first-order valence-electron chi connectivity index (χ1n) is 6.15. The molecule has 3 N–H and O–H groups in total. The zero-order chi connectivity index (χ0) is 14.0. The Balaban J connectivity index is 2.30. The molecule has 1 unspecified atom stereocenters. The van der Waals surface area contributed by atoms with Crippen LogP contribution in [0.1, 0.15) is 34.3 Å². The summed E-state index contributed by atoms with van der Waals surface area (Å²) in [5.74, 6) is 7.58. The lowest BCUT2D eigenvalue weighted by molar-refractivity contribution is 0.484. The lowest BCUT2D eigenvalue weighted by Crippen LogP contribution is -2.30. The van der Waals surface area contributed by atoms with E-state index in [0.717, 1.165) is 39.1 Å². The van der Waals surface area contributed by atoms with E-state index in [2.05, 4.69) is 39.3 Å². The van der Waals surface area contributed by atoms with Crippen LogP contribution in [-0.4, -0.2) is 4.98 Å². The van der Waals surface area contributed by atoms with Gasteiger partial charge < -0.3 is 4.42 Å². The maximum Gasteiger partial charge on any atom is 0.106 e. The summed E-state index contributed by atoms with van der Waals surface area (Å²) in [5, 5.41) is 0. The third-order valence-electron chi connectivity index (χ3n) is 3.37. The average molecular weight is 324 g/mol. The van der Waals surface area contributed by atoms with Crippen LogP contribution in [-0.2, 0) is 6.42 Å². The second kappa shape index (κ2) is 5.86. The molecule has 4 nitrogen and oxygen atoms in total. The SMILES string of the molecule is Cc1oc(C)c(C(Cc2cncc(Br)c2)NN)c1C. The van der Waals surface area contributed by atoms with Crippen molar-refractivity contribution in [1.29, 1.82) is 0 Å². The van der Waals surface area contributed by atoms with Crippen molar-refractivity contribution in [2.45, 2.75) is 33.2 Å². The molecule has 0 saturated heterocycles. The van der Waals surface area contributed by atoms with Gasteiger partial charge in [0.05, 0.1) is 6.04 Å². The Hall–Kier alpha value is -1.17. The van der Waals surface area contributed by atoms with Crippen LogP contribution in [0.4, 0.5) is 0 Å². The number of halogens is 1. The first-order chi connectivity index (χ1) is 9.02. The van der Waals surface area contributed by atoms with Gasteiger partial charge in [0.2, 0.25) is 0 Å². The molecule has 0 aliphatic carbocycles. The molecular weight excluding hydrogens is 306 g/mol. The molecule has 2 heterocycles. The van der Waals surface area contributed by atoms with Crippen molar-refractivity contribution in [3.05, 3.63) is 51.1 Å². The van der Waals surface area contributed by atoms with E-state index in [-0.39, 0.29) is 6.04 Å². The molecule has 0 aliphatic rings. The summed E-state index contributed by atoms with van der Waals surface area (Å²) in [7, 11) is 0. The summed E-state index contributed by atoms with van der Waals surface area (Å²) < 4.78 is 6.64. The second-order valence-electron chi connectivity index (χ2n) is 4.69. The van der Waals surface area contributed by atoms with Gasteiger partial charge in [-0.1, -0.05) is 0 Å². The number of rotatable bonds is 4. The molecule has 5 heteroatoms. The molecule has 2 aromatic rings. The van der Waals surface area contributed by atoms with Gasteiger partial charge in [0.25, 0.3) is 0 Å². The Morgan fingerprint density at radius 3 is 2.58 bits per heavy atom. The summed E-state index contributed by atoms with van der Waals surface area (Å²) in [6, 6.07) is 2.07. The van der Waals surface area contributed by atoms with Crippen molar-refractivity contribution < 1.29 is 4.42 Å². The lowest BCUT2D eigenvalue weighted by atomic mass is 9.97. The number of aromatic nitrogens is 1. The molecule has 102 valence electrons. The molecule has 19 heavy (non-hydrogen) atoms. The van der Waals surface area contributed by atoms with Crippen molar-refractivity contribution in [2.24, 2.45) is 5.84 Å². The predicted octanol–water partition coefficient (Wildman–Crippen LogP) is 3.11. The Morgan fingerprint density at radius 1 is 1.32 bits per heavy atom. The van der Waals surface area contributed by atoms with Gasteiger partial charge >= 0.3 is 0 Å². The molecule has 1 atom stereocenters. The fraction of sp³-hybridized carbons (Fsp3) is 0.357. The van der Waals surface area contributed by atoms with E-state index < -0.39 is 0 Å². The normalized spacial score (nSPS) is 12.7. The molecule has 0 bridgehead atoms. The summed E-state index contributed by atoms with van der Waals surface area (Å²) >= 11 is 3.43. The van der Waals surface area contributed by atoms with Crippen molar-refractivity contribution in [2.75, 3.05) is 0 Å². The van der Waals surface area contributed by atoms with E-state index in [9.17, 15) is 0 Å². The molecule has 2 aromatic heterocycles. The van der Waals surface area contributed by atoms with Crippen molar-refractivity contribution in [3.63, 3.8) is 0 Å². The van der Waals surface area contributed by atoms with Gasteiger partial charge in [-0.25, -0.2) is 0 Å². The van der Waals surface area contributed by atoms with Crippen LogP contribution in [0.25, 0.3) is 0 Å². The number of hydrogen-bond acceptors (Lipinski definition) is 4. The third-order valence-corrected chi connectivity index (χ3v) is 3.80. The molecule has 0 saturated carbocycles. The summed E-state index contributed by atoms with van der Waals surface area (Å²) in [6.07, 6.45) is 4.39. The van der Waals surface area contributed by atoms with Gasteiger partial charge in [-0.2, -0.15) is 0 Å². The Kier molecular flexibility index (Phi) is 4.39. The van der Waals surface area contributed by atoms with Gasteiger partial charge in [-0.15, -0.1) is 0 Å². The third kappa shape index (κ3) is 3.05. The van der Waals surface area contributed by atoms with Gasteiger partial charge in [0.1, 0.15) is 11.5 Å². The Labute approximate surface area is 121 Å². The van der Waals surface area contributed by atoms with Crippen LogP contribution in [0, 0.1) is 20.8 Å². The first-order valence-corrected chi connectivity index (χ1v) is 6.94. The number of nitrogens with zero attached hydrogens (tertiary/aromatic N) is 1. The van der Waals surface area contributed by atoms with E-state index >= 15 is 0 Å². The molecule has 0 aromatic carbocycles. The van der Waals surface area contributed by atoms with Gasteiger partial charge in [-0.05, 0) is 60.3 Å². The van der Waals surface area contributed by atoms with Gasteiger partial charge in [0, 0.05) is 22.4 Å². The lowest BCUT2D eigenvalue weighted by Gasteiger charge is -2.16. The van der Waals surface area contributed by atoms with Crippen molar-refractivity contribution >= 4 is 15.9 Å². The number of nitrogens with two attached hydrogens (primary N) is 1. The van der Waals surface area contributed by atoms with Crippen LogP contribution in [0.2, 0.25) is 0 Å². The van der Waals surface area contributed by atoms with Crippen molar-refractivity contribution in [1.82, 2.24) is 10.4 Å². The number of pyridine rings is 1. The average Bonchev–Trinajstić information content (AvgIpc) is 2.61. The first kappa shape index (κ1) is 14.2. The molecule has 0 aliphatic heterocycles. The number of hydrogen-bond donors (Lipinski definition) is 2. The van der Waals surface area contributed by atoms with E-state index in [4.69, 9.17) is 10.3 Å². The molecule has 0 fully saturated rings. The fourth-order valence-electron chi connectivity index (χ4n) is 2.37. The Morgan fingerprint density at radius 2 is 2.05 bits per heavy atom. The fourth-order valence-corrected chi connectivity index (χ4v) is 2.78. The van der Waals surface area contributed by atoms with E-state index in [1.807, 2.05) is 20.0 Å². The smallest absolute Gasteiger partial charge is 0.106 e. The monoisotopic (exact) mass is 323 g/mol. The minimum absolute atomic E-state index is 0.0218. The highest BCUT2D eigenvalue weighted by molar-refractivity contribution is 9.10. The highest BCUT2D eigenvalue weighted by Crippen LogP contribution is 2.29. The zero-order valence-corrected chi connectivity index (χ0v) is 12.9. The number of furan rings is 1. The topological polar surface area (TPSA) is 64.1 Å². The van der Waals surface area contributed by atoms with E-state index in [0.29, 0.717) is 0 Å². The van der Waals surface area contributed by atoms with Crippen LogP contribution in [0.15, 0.2) is 27.3 Å². The number of hydrazine groups is 1. The quantitative estimate of drug-likeness (QED) is 0.670. The van der Waals surface area contributed by atoms with Gasteiger partial charge in [-0.3, -0.25) is 16.3 Å². The van der Waals surface area contributed by atoms with Gasteiger partial charge in [0.15, 0.2) is 0 Å². The predicted molar refractivity (Wildman–Crippen MR) is 78.6 cm³/mol. The maximum atomic E-state index is 5.71. The van der Waals surface area contributed by atoms with Crippen molar-refractivity contribution in [3.8, 4) is 0 Å². The zero-order valence-electron chi connectivity index (χ0n) is 11.3. The minimum Gasteiger partial charge on any atom is -0.466 e. The molecule has 0 spiro atoms. The molecular formula is C14H18BrN3O. The number of nitrogens with one attached hydrogen (secondary N) is 1. The standard InChI is InChI=1S/C14H18BrN3O/c1-8-9(2)19-10(3)14(8)13(18-16)5-11-4-12(15)7-17-6-11/h4,6-7,13,18H,5,16H2,1-3H3. The van der Waals surface area contributed by atoms with E-state index in [1.165, 1.54) is 0 Å². The molecule has 0 amide bonds. The highest BCUT2D eigenvalue weighted by Gasteiger charge is 2.20. The maximum absolute atomic E-state index is 5.71. The van der Waals surface area contributed by atoms with Crippen LogP contribution in [0.5, 0.6) is 0 Å². The van der Waals surface area contributed by atoms with Crippen LogP contribution < -0.4 is 11.3 Å². The molecule has 2 rings (SSSR count). The number of aryl methyl sites for hydroxylation is 2. The van der Waals surface area contributed by atoms with E-state index in [1.54, 1.807) is 6.20 Å². The van der Waals surface area contributed by atoms with Crippen LogP contribution >= 0.6 is 15.9 Å². The molecule has 0 radical (unpaired) electrons.